The molecule has 186 valence electrons. The van der Waals surface area contributed by atoms with Crippen molar-refractivity contribution in [3.05, 3.63) is 108 Å². The zero-order valence-corrected chi connectivity index (χ0v) is 20.0. The highest BCUT2D eigenvalue weighted by molar-refractivity contribution is 6.05. The van der Waals surface area contributed by atoms with E-state index >= 15 is 0 Å². The predicted octanol–water partition coefficient (Wildman–Crippen LogP) is 4.10. The third-order valence-electron chi connectivity index (χ3n) is 7.48. The molecule has 4 heterocycles. The lowest BCUT2D eigenvalue weighted by Gasteiger charge is -2.42. The number of likely N-dealkylation sites (tertiary alicyclic amines) is 1. The highest BCUT2D eigenvalue weighted by Crippen LogP contribution is 2.37. The van der Waals surface area contributed by atoms with Crippen LogP contribution in [0.4, 0.5) is 5.69 Å². The third kappa shape index (κ3) is 3.66. The zero-order valence-electron chi connectivity index (χ0n) is 20.0. The maximum absolute atomic E-state index is 13.8. The fourth-order valence-corrected chi connectivity index (χ4v) is 5.75. The van der Waals surface area contributed by atoms with Crippen molar-refractivity contribution in [2.75, 3.05) is 13.1 Å². The van der Waals surface area contributed by atoms with Crippen LogP contribution in [0, 0.1) is 23.0 Å². The van der Waals surface area contributed by atoms with Crippen molar-refractivity contribution in [3.63, 3.8) is 0 Å². The molecule has 1 saturated heterocycles. The molecule has 4 aromatic rings. The summed E-state index contributed by atoms with van der Waals surface area (Å²) in [5.41, 5.74) is 1.29. The molecule has 0 radical (unpaired) electrons. The Labute approximate surface area is 210 Å². The number of para-hydroxylation sites is 1. The smallest absolute Gasteiger partial charge is 0.334 e. The summed E-state index contributed by atoms with van der Waals surface area (Å²) >= 11 is 0. The number of nitrogens with zero attached hydrogens (tertiary/aromatic N) is 3. The van der Waals surface area contributed by atoms with Gasteiger partial charge in [-0.2, -0.15) is 0 Å². The summed E-state index contributed by atoms with van der Waals surface area (Å²) in [5.74, 6) is 0.0564. The van der Waals surface area contributed by atoms with E-state index in [4.69, 9.17) is 4.42 Å². The molecule has 6 rings (SSSR count). The van der Waals surface area contributed by atoms with Crippen molar-refractivity contribution in [2.24, 2.45) is 5.92 Å². The Morgan fingerprint density at radius 1 is 1.00 bits per heavy atom. The Morgan fingerprint density at radius 3 is 2.54 bits per heavy atom. The molecule has 2 atom stereocenters. The Balaban J connectivity index is 1.40. The summed E-state index contributed by atoms with van der Waals surface area (Å²) < 4.78 is 7.74. The van der Waals surface area contributed by atoms with Gasteiger partial charge in [0, 0.05) is 48.4 Å². The van der Waals surface area contributed by atoms with Gasteiger partial charge < -0.3 is 13.9 Å². The van der Waals surface area contributed by atoms with E-state index in [0.717, 1.165) is 12.0 Å². The largest absolute Gasteiger partial charge is 0.455 e. The van der Waals surface area contributed by atoms with E-state index < -0.39 is 16.2 Å². The maximum atomic E-state index is 13.8. The molecule has 0 N–H and O–H groups in total. The lowest BCUT2D eigenvalue weighted by atomic mass is 9.83. The topological polar surface area (TPSA) is 116 Å². The molecule has 2 bridgehead atoms. The minimum Gasteiger partial charge on any atom is -0.455 e. The SMILES string of the molecule is Cc1c(-c2ccccc2)oc2c(C(=O)N3CC4CC(C3)c3ccc([N+](=O)[O-])c(=O)n3C4)cccc2c1=O. The van der Waals surface area contributed by atoms with Gasteiger partial charge in [-0.15, -0.1) is 0 Å². The molecule has 0 saturated carbocycles. The summed E-state index contributed by atoms with van der Waals surface area (Å²) in [4.78, 5) is 52.0. The van der Waals surface area contributed by atoms with Gasteiger partial charge >= 0.3 is 11.2 Å². The predicted molar refractivity (Wildman–Crippen MR) is 137 cm³/mol. The van der Waals surface area contributed by atoms with Crippen LogP contribution in [-0.2, 0) is 6.54 Å². The highest BCUT2D eigenvalue weighted by Gasteiger charge is 2.38. The molecule has 2 unspecified atom stereocenters. The normalized spacial score (nSPS) is 18.5. The minimum atomic E-state index is -0.657. The van der Waals surface area contributed by atoms with Crippen molar-refractivity contribution in [2.45, 2.75) is 25.8 Å². The monoisotopic (exact) mass is 497 g/mol. The number of nitro groups is 1. The Kier molecular flexibility index (Phi) is 5.29. The molecule has 1 amide bonds. The number of pyridine rings is 1. The minimum absolute atomic E-state index is 0.0148. The molecule has 2 aliphatic heterocycles. The third-order valence-corrected chi connectivity index (χ3v) is 7.48. The first-order chi connectivity index (χ1) is 17.8. The first kappa shape index (κ1) is 22.9. The van der Waals surface area contributed by atoms with Crippen LogP contribution < -0.4 is 11.0 Å². The number of hydrogen-bond donors (Lipinski definition) is 0. The molecular formula is C28H23N3O6. The summed E-state index contributed by atoms with van der Waals surface area (Å²) in [5, 5.41) is 11.6. The first-order valence-electron chi connectivity index (χ1n) is 12.1. The first-order valence-corrected chi connectivity index (χ1v) is 12.1. The number of piperidine rings is 1. The molecular weight excluding hydrogens is 474 g/mol. The second kappa shape index (κ2) is 8.55. The zero-order chi connectivity index (χ0) is 25.8. The molecule has 2 aromatic heterocycles. The maximum Gasteiger partial charge on any atom is 0.334 e. The average molecular weight is 498 g/mol. The van der Waals surface area contributed by atoms with Crippen molar-refractivity contribution in [1.29, 1.82) is 0 Å². The molecule has 1 fully saturated rings. The number of rotatable bonds is 3. The average Bonchev–Trinajstić information content (AvgIpc) is 2.90. The number of fused-ring (bicyclic) bond motifs is 5. The molecule has 9 heteroatoms. The van der Waals surface area contributed by atoms with Crippen LogP contribution in [0.5, 0.6) is 0 Å². The van der Waals surface area contributed by atoms with Crippen molar-refractivity contribution >= 4 is 22.6 Å². The molecule has 9 nitrogen and oxygen atoms in total. The number of aromatic nitrogens is 1. The number of hydrogen-bond acceptors (Lipinski definition) is 6. The number of benzene rings is 2. The van der Waals surface area contributed by atoms with Crippen LogP contribution in [0.25, 0.3) is 22.3 Å². The Hall–Kier alpha value is -4.53. The highest BCUT2D eigenvalue weighted by atomic mass is 16.6. The van der Waals surface area contributed by atoms with Crippen molar-refractivity contribution in [3.8, 4) is 11.3 Å². The van der Waals surface area contributed by atoms with Gasteiger partial charge in [0.15, 0.2) is 11.0 Å². The van der Waals surface area contributed by atoms with Gasteiger partial charge in [-0.3, -0.25) is 24.5 Å². The number of carbonyl (C=O) groups is 1. The van der Waals surface area contributed by atoms with Crippen LogP contribution in [-0.4, -0.2) is 33.4 Å². The van der Waals surface area contributed by atoms with E-state index in [1.165, 1.54) is 10.6 Å². The standard InChI is InChI=1S/C28H23N3O6/c1-16-24(32)20-8-5-9-21(26(20)37-25(16)18-6-3-2-4-7-18)27(33)29-13-17-12-19(15-29)22-10-11-23(31(35)36)28(34)30(22)14-17/h2-11,17,19H,12-15H2,1H3. The molecule has 0 spiro atoms. The fraction of sp³-hybridized carbons (Fsp3) is 0.250. The van der Waals surface area contributed by atoms with Gasteiger partial charge in [-0.25, -0.2) is 0 Å². The van der Waals surface area contributed by atoms with Gasteiger partial charge in [0.25, 0.3) is 5.91 Å². The van der Waals surface area contributed by atoms with Crippen LogP contribution in [0.3, 0.4) is 0 Å². The van der Waals surface area contributed by atoms with E-state index in [9.17, 15) is 24.5 Å². The molecule has 2 aliphatic rings. The van der Waals surface area contributed by atoms with Crippen molar-refractivity contribution in [1.82, 2.24) is 9.47 Å². The van der Waals surface area contributed by atoms with Crippen LogP contribution in [0.2, 0.25) is 0 Å². The van der Waals surface area contributed by atoms with Gasteiger partial charge in [0.1, 0.15) is 5.76 Å². The lowest BCUT2D eigenvalue weighted by molar-refractivity contribution is -0.386. The van der Waals surface area contributed by atoms with E-state index in [1.807, 2.05) is 30.3 Å². The fourth-order valence-electron chi connectivity index (χ4n) is 5.75. The quantitative estimate of drug-likeness (QED) is 0.311. The number of carbonyl (C=O) groups excluding carboxylic acids is 1. The van der Waals surface area contributed by atoms with E-state index in [2.05, 4.69) is 0 Å². The second-order valence-corrected chi connectivity index (χ2v) is 9.76. The number of amides is 1. The van der Waals surface area contributed by atoms with Gasteiger partial charge in [-0.05, 0) is 37.5 Å². The van der Waals surface area contributed by atoms with Crippen molar-refractivity contribution < 1.29 is 14.1 Å². The Bertz CT molecular complexity index is 1710. The summed E-state index contributed by atoms with van der Waals surface area (Å²) in [7, 11) is 0. The lowest BCUT2D eigenvalue weighted by Crippen LogP contribution is -2.49. The second-order valence-electron chi connectivity index (χ2n) is 9.76. The molecule has 2 aromatic carbocycles. The molecule has 0 aliphatic carbocycles. The van der Waals surface area contributed by atoms with Gasteiger partial charge in [-0.1, -0.05) is 36.4 Å². The summed E-state index contributed by atoms with van der Waals surface area (Å²) in [6, 6.07) is 17.2. The van der Waals surface area contributed by atoms with Crippen LogP contribution in [0.15, 0.2) is 74.7 Å². The molecule has 37 heavy (non-hydrogen) atoms. The summed E-state index contributed by atoms with van der Waals surface area (Å²) in [6.07, 6.45) is 0.795. The van der Waals surface area contributed by atoms with Gasteiger partial charge in [0.2, 0.25) is 0 Å². The van der Waals surface area contributed by atoms with E-state index in [1.54, 1.807) is 36.1 Å². The van der Waals surface area contributed by atoms with Gasteiger partial charge in [0.05, 0.1) is 15.9 Å². The van der Waals surface area contributed by atoms with E-state index in [0.29, 0.717) is 47.6 Å². The Morgan fingerprint density at radius 2 is 1.78 bits per heavy atom. The summed E-state index contributed by atoms with van der Waals surface area (Å²) in [6.45, 7) is 2.81. The van der Waals surface area contributed by atoms with Crippen LogP contribution in [0.1, 0.15) is 34.0 Å². The van der Waals surface area contributed by atoms with E-state index in [-0.39, 0.29) is 28.8 Å². The van der Waals surface area contributed by atoms with Crippen LogP contribution >= 0.6 is 0 Å².